The van der Waals surface area contributed by atoms with Crippen LogP contribution in [0.1, 0.15) is 40.5 Å². The monoisotopic (exact) mass is 456 g/mol. The number of aliphatic imine (C=N–C) groups is 1. The fourth-order valence-electron chi connectivity index (χ4n) is 2.35. The molecule has 0 saturated carbocycles. The van der Waals surface area contributed by atoms with Crippen molar-refractivity contribution in [2.45, 2.75) is 51.7 Å². The van der Waals surface area contributed by atoms with E-state index in [9.17, 15) is 9.90 Å². The second-order valence-electron chi connectivity index (χ2n) is 7.16. The van der Waals surface area contributed by atoms with Crippen molar-refractivity contribution in [2.75, 3.05) is 39.9 Å². The smallest absolute Gasteiger partial charge is 0.240 e. The lowest BCUT2D eigenvalue weighted by molar-refractivity contribution is -0.122. The number of guanidine groups is 1. The van der Waals surface area contributed by atoms with Gasteiger partial charge in [0.2, 0.25) is 5.91 Å². The summed E-state index contributed by atoms with van der Waals surface area (Å²) in [5, 5.41) is 16.6. The van der Waals surface area contributed by atoms with Crippen LogP contribution in [0.15, 0.2) is 4.99 Å². The minimum absolute atomic E-state index is 0. The molecule has 24 heavy (non-hydrogen) atoms. The molecular weight excluding hydrogens is 423 g/mol. The zero-order valence-electron chi connectivity index (χ0n) is 15.5. The largest absolute Gasteiger partial charge is 0.388 e. The molecule has 0 radical (unpaired) electrons. The predicted octanol–water partition coefficient (Wildman–Crippen LogP) is 0.958. The van der Waals surface area contributed by atoms with Gasteiger partial charge in [-0.1, -0.05) is 0 Å². The van der Waals surface area contributed by atoms with Crippen molar-refractivity contribution in [2.24, 2.45) is 4.99 Å². The quantitative estimate of drug-likeness (QED) is 0.326. The summed E-state index contributed by atoms with van der Waals surface area (Å²) in [6.07, 6.45) is 1.17. The highest BCUT2D eigenvalue weighted by atomic mass is 127. The molecule has 3 N–H and O–H groups in total. The molecule has 1 heterocycles. The van der Waals surface area contributed by atoms with Gasteiger partial charge in [-0.3, -0.25) is 9.79 Å². The molecule has 0 aliphatic carbocycles. The van der Waals surface area contributed by atoms with Crippen molar-refractivity contribution in [1.29, 1.82) is 0 Å². The molecule has 8 heteroatoms. The maximum atomic E-state index is 12.0. The molecule has 0 aromatic carbocycles. The number of ether oxygens (including phenoxy) is 1. The van der Waals surface area contributed by atoms with Gasteiger partial charge in [0, 0.05) is 45.2 Å². The molecule has 0 aromatic rings. The molecule has 0 bridgehead atoms. The number of halogens is 1. The van der Waals surface area contributed by atoms with Crippen LogP contribution < -0.4 is 10.6 Å². The molecule has 1 rings (SSSR count). The Kier molecular flexibility index (Phi) is 10.1. The Morgan fingerprint density at radius 1 is 1.33 bits per heavy atom. The van der Waals surface area contributed by atoms with Gasteiger partial charge >= 0.3 is 0 Å². The van der Waals surface area contributed by atoms with E-state index in [-0.39, 0.29) is 42.0 Å². The summed E-state index contributed by atoms with van der Waals surface area (Å²) >= 11 is 0. The molecule has 0 spiro atoms. The third kappa shape index (κ3) is 9.03. The molecular formula is C16H33IN4O3. The Morgan fingerprint density at radius 2 is 1.92 bits per heavy atom. The number of nitrogens with zero attached hydrogens (tertiary/aromatic N) is 2. The molecule has 0 aromatic heterocycles. The summed E-state index contributed by atoms with van der Waals surface area (Å²) in [4.78, 5) is 18.3. The van der Waals surface area contributed by atoms with E-state index < -0.39 is 5.60 Å². The fraction of sp³-hybridized carbons (Fsp3) is 0.875. The lowest BCUT2D eigenvalue weighted by Crippen LogP contribution is -2.49. The number of nitrogens with one attached hydrogen (secondary N) is 2. The molecule has 1 aliphatic rings. The van der Waals surface area contributed by atoms with Crippen LogP contribution in [0.5, 0.6) is 0 Å². The maximum Gasteiger partial charge on any atom is 0.240 e. The number of carbonyl (C=O) groups excluding carboxylic acids is 1. The third-order valence-corrected chi connectivity index (χ3v) is 3.54. The number of likely N-dealkylation sites (N-methyl/N-ethyl adjacent to an activating group) is 1. The van der Waals surface area contributed by atoms with Crippen molar-refractivity contribution in [3.8, 4) is 0 Å². The third-order valence-electron chi connectivity index (χ3n) is 3.54. The van der Waals surface area contributed by atoms with Gasteiger partial charge in [0.1, 0.15) is 0 Å². The first kappa shape index (κ1) is 23.4. The molecule has 1 amide bonds. The number of aliphatic hydroxyl groups is 1. The van der Waals surface area contributed by atoms with Gasteiger partial charge in [-0.2, -0.15) is 0 Å². The average molecular weight is 456 g/mol. The SMILES string of the molecule is CCNC(=NCC1(O)CCOCC1)N(C)CC(=O)NC(C)(C)C.I. The first-order valence-corrected chi connectivity index (χ1v) is 8.26. The molecule has 0 unspecified atom stereocenters. The van der Waals surface area contributed by atoms with Crippen LogP contribution in [0.2, 0.25) is 0 Å². The minimum atomic E-state index is -0.812. The normalized spacial score (nSPS) is 17.7. The fourth-order valence-corrected chi connectivity index (χ4v) is 2.35. The van der Waals surface area contributed by atoms with E-state index in [1.165, 1.54) is 0 Å². The molecule has 0 atom stereocenters. The van der Waals surface area contributed by atoms with E-state index in [0.29, 0.717) is 45.1 Å². The second-order valence-corrected chi connectivity index (χ2v) is 7.16. The first-order valence-electron chi connectivity index (χ1n) is 8.26. The summed E-state index contributed by atoms with van der Waals surface area (Å²) in [7, 11) is 1.82. The van der Waals surface area contributed by atoms with E-state index >= 15 is 0 Å². The molecule has 142 valence electrons. The van der Waals surface area contributed by atoms with E-state index in [2.05, 4.69) is 15.6 Å². The Labute approximate surface area is 162 Å². The van der Waals surface area contributed by atoms with Gasteiger partial charge < -0.3 is 25.4 Å². The number of hydrogen-bond acceptors (Lipinski definition) is 4. The molecule has 1 aliphatic heterocycles. The van der Waals surface area contributed by atoms with Gasteiger partial charge in [0.15, 0.2) is 5.96 Å². The molecule has 1 fully saturated rings. The van der Waals surface area contributed by atoms with Crippen molar-refractivity contribution in [1.82, 2.24) is 15.5 Å². The predicted molar refractivity (Wildman–Crippen MR) is 107 cm³/mol. The highest BCUT2D eigenvalue weighted by Crippen LogP contribution is 2.20. The number of hydrogen-bond donors (Lipinski definition) is 3. The lowest BCUT2D eigenvalue weighted by atomic mass is 9.95. The van der Waals surface area contributed by atoms with Gasteiger partial charge in [-0.25, -0.2) is 0 Å². The molecule has 7 nitrogen and oxygen atoms in total. The van der Waals surface area contributed by atoms with Crippen LogP contribution in [-0.2, 0) is 9.53 Å². The van der Waals surface area contributed by atoms with E-state index in [1.54, 1.807) is 4.90 Å². The van der Waals surface area contributed by atoms with Crippen molar-refractivity contribution in [3.05, 3.63) is 0 Å². The van der Waals surface area contributed by atoms with Crippen LogP contribution in [0, 0.1) is 0 Å². The van der Waals surface area contributed by atoms with Crippen LogP contribution in [0.25, 0.3) is 0 Å². The summed E-state index contributed by atoms with van der Waals surface area (Å²) in [6, 6.07) is 0. The number of carbonyl (C=O) groups is 1. The average Bonchev–Trinajstić information content (AvgIpc) is 2.42. The lowest BCUT2D eigenvalue weighted by Gasteiger charge is -2.31. The van der Waals surface area contributed by atoms with E-state index in [0.717, 1.165) is 0 Å². The van der Waals surface area contributed by atoms with Gasteiger partial charge in [0.25, 0.3) is 0 Å². The highest BCUT2D eigenvalue weighted by Gasteiger charge is 2.29. The van der Waals surface area contributed by atoms with Crippen LogP contribution in [-0.4, -0.2) is 72.9 Å². The second kappa shape index (κ2) is 10.4. The summed E-state index contributed by atoms with van der Waals surface area (Å²) in [6.45, 7) is 10.2. The topological polar surface area (TPSA) is 86.2 Å². The number of amides is 1. The van der Waals surface area contributed by atoms with Crippen LogP contribution >= 0.6 is 24.0 Å². The van der Waals surface area contributed by atoms with Crippen LogP contribution in [0.4, 0.5) is 0 Å². The first-order chi connectivity index (χ1) is 10.7. The Morgan fingerprint density at radius 3 is 2.42 bits per heavy atom. The molecule has 1 saturated heterocycles. The summed E-state index contributed by atoms with van der Waals surface area (Å²) in [5.41, 5.74) is -1.07. The Bertz CT molecular complexity index is 418. The summed E-state index contributed by atoms with van der Waals surface area (Å²) in [5.74, 6) is 0.562. The Hall–Kier alpha value is -0.610. The number of rotatable bonds is 5. The van der Waals surface area contributed by atoms with E-state index in [4.69, 9.17) is 4.74 Å². The Balaban J connectivity index is 0.00000529. The van der Waals surface area contributed by atoms with Crippen molar-refractivity contribution in [3.63, 3.8) is 0 Å². The standard InChI is InChI=1S/C16H32N4O3.HI/c1-6-17-14(18-12-16(22)7-9-23-10-8-16)20(5)11-13(21)19-15(2,3)4;/h22H,6-12H2,1-5H3,(H,17,18)(H,19,21);1H. The minimum Gasteiger partial charge on any atom is -0.388 e. The van der Waals surface area contributed by atoms with E-state index in [1.807, 2.05) is 34.7 Å². The van der Waals surface area contributed by atoms with Gasteiger partial charge in [-0.05, 0) is 27.7 Å². The zero-order valence-corrected chi connectivity index (χ0v) is 17.8. The summed E-state index contributed by atoms with van der Waals surface area (Å²) < 4.78 is 5.28. The highest BCUT2D eigenvalue weighted by molar-refractivity contribution is 14.0. The van der Waals surface area contributed by atoms with Crippen molar-refractivity contribution < 1.29 is 14.6 Å². The van der Waals surface area contributed by atoms with Crippen LogP contribution in [0.3, 0.4) is 0 Å². The van der Waals surface area contributed by atoms with Gasteiger partial charge in [0.05, 0.1) is 18.7 Å². The maximum absolute atomic E-state index is 12.0. The van der Waals surface area contributed by atoms with Gasteiger partial charge in [-0.15, -0.1) is 24.0 Å². The van der Waals surface area contributed by atoms with Crippen molar-refractivity contribution >= 4 is 35.8 Å². The zero-order chi connectivity index (χ0) is 17.5.